The van der Waals surface area contributed by atoms with Gasteiger partial charge in [0.1, 0.15) is 0 Å². The minimum atomic E-state index is -0.277. The fourth-order valence-corrected chi connectivity index (χ4v) is 2.71. The average molecular weight is 317 g/mol. The van der Waals surface area contributed by atoms with Gasteiger partial charge in [-0.2, -0.15) is 0 Å². The predicted molar refractivity (Wildman–Crippen MR) is 87.3 cm³/mol. The SMILES string of the molecule is O=C(Nc1ccccc1Cl)c1cnc(NC2CCCC2)nc1. The number of anilines is 2. The summed E-state index contributed by atoms with van der Waals surface area (Å²) in [6.07, 6.45) is 7.84. The first-order valence-electron chi connectivity index (χ1n) is 7.37. The molecule has 1 aromatic heterocycles. The zero-order valence-electron chi connectivity index (χ0n) is 12.1. The molecule has 2 N–H and O–H groups in total. The second-order valence-electron chi connectivity index (χ2n) is 5.36. The van der Waals surface area contributed by atoms with E-state index in [9.17, 15) is 4.79 Å². The molecular formula is C16H17ClN4O. The van der Waals surface area contributed by atoms with Crippen LogP contribution in [-0.4, -0.2) is 21.9 Å². The standard InChI is InChI=1S/C16H17ClN4O/c17-13-7-3-4-8-14(13)21-15(22)11-9-18-16(19-10-11)20-12-5-1-2-6-12/h3-4,7-10,12H,1-2,5-6H2,(H,21,22)(H,18,19,20). The first kappa shape index (κ1) is 14.8. The molecule has 1 amide bonds. The number of para-hydroxylation sites is 1. The number of rotatable bonds is 4. The summed E-state index contributed by atoms with van der Waals surface area (Å²) in [5, 5.41) is 6.54. The lowest BCUT2D eigenvalue weighted by Gasteiger charge is -2.11. The molecule has 0 atom stereocenters. The molecule has 6 heteroatoms. The largest absolute Gasteiger partial charge is 0.351 e. The molecule has 5 nitrogen and oxygen atoms in total. The Labute approximate surface area is 134 Å². The zero-order valence-corrected chi connectivity index (χ0v) is 12.8. The summed E-state index contributed by atoms with van der Waals surface area (Å²) in [6.45, 7) is 0. The van der Waals surface area contributed by atoms with Crippen LogP contribution in [0.4, 0.5) is 11.6 Å². The van der Waals surface area contributed by atoms with E-state index in [0.29, 0.717) is 28.3 Å². The Kier molecular flexibility index (Phi) is 4.53. The minimum Gasteiger partial charge on any atom is -0.351 e. The van der Waals surface area contributed by atoms with Gasteiger partial charge in [-0.05, 0) is 25.0 Å². The van der Waals surface area contributed by atoms with Crippen LogP contribution in [0.1, 0.15) is 36.0 Å². The van der Waals surface area contributed by atoms with Gasteiger partial charge in [-0.25, -0.2) is 9.97 Å². The maximum Gasteiger partial charge on any atom is 0.258 e. The van der Waals surface area contributed by atoms with Crippen LogP contribution in [0.3, 0.4) is 0 Å². The van der Waals surface area contributed by atoms with Crippen LogP contribution in [-0.2, 0) is 0 Å². The molecule has 114 valence electrons. The summed E-state index contributed by atoms with van der Waals surface area (Å²) in [5.41, 5.74) is 0.971. The van der Waals surface area contributed by atoms with Crippen molar-refractivity contribution in [2.24, 2.45) is 0 Å². The first-order valence-corrected chi connectivity index (χ1v) is 7.74. The van der Waals surface area contributed by atoms with Gasteiger partial charge in [-0.15, -0.1) is 0 Å². The minimum absolute atomic E-state index is 0.277. The van der Waals surface area contributed by atoms with Gasteiger partial charge in [-0.1, -0.05) is 36.6 Å². The summed E-state index contributed by atoms with van der Waals surface area (Å²) < 4.78 is 0. The number of hydrogen-bond acceptors (Lipinski definition) is 4. The van der Waals surface area contributed by atoms with E-state index in [1.807, 2.05) is 12.1 Å². The normalized spacial score (nSPS) is 14.8. The van der Waals surface area contributed by atoms with E-state index < -0.39 is 0 Å². The number of aromatic nitrogens is 2. The molecule has 1 saturated carbocycles. The highest BCUT2D eigenvalue weighted by molar-refractivity contribution is 6.33. The van der Waals surface area contributed by atoms with Gasteiger partial charge >= 0.3 is 0 Å². The number of amides is 1. The van der Waals surface area contributed by atoms with E-state index in [1.165, 1.54) is 25.2 Å². The molecule has 22 heavy (non-hydrogen) atoms. The van der Waals surface area contributed by atoms with Gasteiger partial charge < -0.3 is 10.6 Å². The van der Waals surface area contributed by atoms with Crippen LogP contribution in [0, 0.1) is 0 Å². The smallest absolute Gasteiger partial charge is 0.258 e. The highest BCUT2D eigenvalue weighted by Gasteiger charge is 2.16. The van der Waals surface area contributed by atoms with Crippen molar-refractivity contribution in [1.82, 2.24) is 9.97 Å². The highest BCUT2D eigenvalue weighted by atomic mass is 35.5. The van der Waals surface area contributed by atoms with Gasteiger partial charge in [0, 0.05) is 18.4 Å². The van der Waals surface area contributed by atoms with E-state index in [0.717, 1.165) is 12.8 Å². The summed E-state index contributed by atoms with van der Waals surface area (Å²) in [4.78, 5) is 20.6. The summed E-state index contributed by atoms with van der Waals surface area (Å²) in [5.74, 6) is 0.293. The second-order valence-corrected chi connectivity index (χ2v) is 5.76. The van der Waals surface area contributed by atoms with Crippen LogP contribution in [0.25, 0.3) is 0 Å². The Balaban J connectivity index is 1.64. The van der Waals surface area contributed by atoms with E-state index in [2.05, 4.69) is 20.6 Å². The fraction of sp³-hybridized carbons (Fsp3) is 0.312. The molecule has 2 aromatic rings. The molecular weight excluding hydrogens is 300 g/mol. The first-order chi connectivity index (χ1) is 10.7. The monoisotopic (exact) mass is 316 g/mol. The van der Waals surface area contributed by atoms with Crippen molar-refractivity contribution in [2.75, 3.05) is 10.6 Å². The molecule has 1 aliphatic carbocycles. The molecule has 0 saturated heterocycles. The lowest BCUT2D eigenvalue weighted by atomic mass is 10.2. The van der Waals surface area contributed by atoms with Crippen molar-refractivity contribution in [1.29, 1.82) is 0 Å². The Hall–Kier alpha value is -2.14. The van der Waals surface area contributed by atoms with Crippen molar-refractivity contribution in [3.05, 3.63) is 47.2 Å². The van der Waals surface area contributed by atoms with Crippen LogP contribution >= 0.6 is 11.6 Å². The number of nitrogens with one attached hydrogen (secondary N) is 2. The second kappa shape index (κ2) is 6.75. The third kappa shape index (κ3) is 3.54. The molecule has 1 heterocycles. The van der Waals surface area contributed by atoms with Crippen molar-refractivity contribution in [3.8, 4) is 0 Å². The molecule has 1 fully saturated rings. The molecule has 1 aromatic carbocycles. The number of hydrogen-bond donors (Lipinski definition) is 2. The topological polar surface area (TPSA) is 66.9 Å². The molecule has 0 unspecified atom stereocenters. The van der Waals surface area contributed by atoms with E-state index in [1.54, 1.807) is 12.1 Å². The van der Waals surface area contributed by atoms with Gasteiger partial charge in [0.25, 0.3) is 5.91 Å². The van der Waals surface area contributed by atoms with E-state index in [4.69, 9.17) is 11.6 Å². The van der Waals surface area contributed by atoms with Gasteiger partial charge in [0.2, 0.25) is 5.95 Å². The zero-order chi connectivity index (χ0) is 15.4. The maximum atomic E-state index is 12.2. The number of halogens is 1. The van der Waals surface area contributed by atoms with Crippen molar-refractivity contribution < 1.29 is 4.79 Å². The quantitative estimate of drug-likeness (QED) is 0.901. The Morgan fingerprint density at radius 1 is 1.14 bits per heavy atom. The Morgan fingerprint density at radius 3 is 2.50 bits per heavy atom. The van der Waals surface area contributed by atoms with Gasteiger partial charge in [0.05, 0.1) is 16.3 Å². The van der Waals surface area contributed by atoms with Crippen molar-refractivity contribution in [2.45, 2.75) is 31.7 Å². The average Bonchev–Trinajstić information content (AvgIpc) is 3.03. The number of benzene rings is 1. The summed E-state index contributed by atoms with van der Waals surface area (Å²) in [7, 11) is 0. The Bertz CT molecular complexity index is 653. The molecule has 0 bridgehead atoms. The number of carbonyl (C=O) groups excluding carboxylic acids is 1. The van der Waals surface area contributed by atoms with Gasteiger partial charge in [-0.3, -0.25) is 4.79 Å². The summed E-state index contributed by atoms with van der Waals surface area (Å²) in [6, 6.07) is 7.54. The van der Waals surface area contributed by atoms with Crippen molar-refractivity contribution in [3.63, 3.8) is 0 Å². The fourth-order valence-electron chi connectivity index (χ4n) is 2.53. The number of nitrogens with zero attached hydrogens (tertiary/aromatic N) is 2. The number of carbonyl (C=O) groups is 1. The van der Waals surface area contributed by atoms with E-state index in [-0.39, 0.29) is 5.91 Å². The van der Waals surface area contributed by atoms with Crippen LogP contribution in [0.15, 0.2) is 36.7 Å². The lowest BCUT2D eigenvalue weighted by molar-refractivity contribution is 0.102. The van der Waals surface area contributed by atoms with Crippen LogP contribution in [0.5, 0.6) is 0 Å². The molecule has 0 spiro atoms. The predicted octanol–water partition coefficient (Wildman–Crippen LogP) is 3.74. The maximum absolute atomic E-state index is 12.2. The molecule has 1 aliphatic rings. The lowest BCUT2D eigenvalue weighted by Crippen LogP contribution is -2.18. The van der Waals surface area contributed by atoms with Crippen molar-refractivity contribution >= 4 is 29.1 Å². The molecule has 0 radical (unpaired) electrons. The highest BCUT2D eigenvalue weighted by Crippen LogP contribution is 2.22. The third-order valence-corrected chi connectivity index (χ3v) is 4.05. The third-order valence-electron chi connectivity index (χ3n) is 3.72. The Morgan fingerprint density at radius 2 is 1.82 bits per heavy atom. The van der Waals surface area contributed by atoms with Crippen LogP contribution < -0.4 is 10.6 Å². The van der Waals surface area contributed by atoms with E-state index >= 15 is 0 Å². The molecule has 0 aliphatic heterocycles. The van der Waals surface area contributed by atoms with Gasteiger partial charge in [0.15, 0.2) is 0 Å². The summed E-state index contributed by atoms with van der Waals surface area (Å²) >= 11 is 6.02. The molecule has 3 rings (SSSR count). The van der Waals surface area contributed by atoms with Crippen LogP contribution in [0.2, 0.25) is 5.02 Å².